The van der Waals surface area contributed by atoms with E-state index in [-0.39, 0.29) is 11.2 Å². The summed E-state index contributed by atoms with van der Waals surface area (Å²) in [6.45, 7) is 1.85. The van der Waals surface area contributed by atoms with Crippen LogP contribution in [0.2, 0.25) is 0 Å². The van der Waals surface area contributed by atoms with Gasteiger partial charge >= 0.3 is 0 Å². The first-order valence-electron chi connectivity index (χ1n) is 6.73. The topological polar surface area (TPSA) is 60.5 Å². The third-order valence-corrected chi connectivity index (χ3v) is 4.06. The number of thioether (sulfide) groups is 1. The predicted octanol–water partition coefficient (Wildman–Crippen LogP) is 3.22. The zero-order valence-electron chi connectivity index (χ0n) is 12.7. The SMILES string of the molecule is COc1ccc(SC(C)C(=O)Nc2cccnc2)cc1OC. The summed E-state index contributed by atoms with van der Waals surface area (Å²) in [5, 5.41) is 2.58. The van der Waals surface area contributed by atoms with E-state index in [1.165, 1.54) is 11.8 Å². The van der Waals surface area contributed by atoms with Crippen LogP contribution in [-0.4, -0.2) is 30.4 Å². The molecular weight excluding hydrogens is 300 g/mol. The Labute approximate surface area is 134 Å². The predicted molar refractivity (Wildman–Crippen MR) is 87.7 cm³/mol. The quantitative estimate of drug-likeness (QED) is 0.829. The zero-order chi connectivity index (χ0) is 15.9. The van der Waals surface area contributed by atoms with Gasteiger partial charge in [0.15, 0.2) is 11.5 Å². The van der Waals surface area contributed by atoms with Crippen molar-refractivity contribution < 1.29 is 14.3 Å². The molecule has 116 valence electrons. The summed E-state index contributed by atoms with van der Waals surface area (Å²) in [7, 11) is 3.18. The Balaban J connectivity index is 2.02. The van der Waals surface area contributed by atoms with E-state index in [1.807, 2.05) is 25.1 Å². The Hall–Kier alpha value is -2.21. The van der Waals surface area contributed by atoms with E-state index in [2.05, 4.69) is 10.3 Å². The molecule has 1 aromatic heterocycles. The average Bonchev–Trinajstić information content (AvgIpc) is 2.55. The molecule has 0 fully saturated rings. The Morgan fingerprint density at radius 1 is 1.23 bits per heavy atom. The first-order valence-corrected chi connectivity index (χ1v) is 7.61. The van der Waals surface area contributed by atoms with E-state index in [0.717, 1.165) is 4.90 Å². The number of nitrogens with zero attached hydrogens (tertiary/aromatic N) is 1. The standard InChI is InChI=1S/C16H18N2O3S/c1-11(16(19)18-12-5-4-8-17-10-12)22-13-6-7-14(20-2)15(9-13)21-3/h4-11H,1-3H3,(H,18,19). The van der Waals surface area contributed by atoms with Gasteiger partial charge in [-0.15, -0.1) is 11.8 Å². The largest absolute Gasteiger partial charge is 0.493 e. The van der Waals surface area contributed by atoms with Gasteiger partial charge < -0.3 is 14.8 Å². The normalized spacial score (nSPS) is 11.6. The van der Waals surface area contributed by atoms with Gasteiger partial charge in [-0.3, -0.25) is 9.78 Å². The number of hydrogen-bond donors (Lipinski definition) is 1. The molecular formula is C16H18N2O3S. The molecule has 1 N–H and O–H groups in total. The number of aromatic nitrogens is 1. The van der Waals surface area contributed by atoms with Gasteiger partial charge in [-0.2, -0.15) is 0 Å². The van der Waals surface area contributed by atoms with Crippen LogP contribution in [0.3, 0.4) is 0 Å². The van der Waals surface area contributed by atoms with Crippen molar-refractivity contribution in [3.05, 3.63) is 42.7 Å². The highest BCUT2D eigenvalue weighted by Crippen LogP contribution is 2.33. The Morgan fingerprint density at radius 2 is 2.00 bits per heavy atom. The highest BCUT2D eigenvalue weighted by Gasteiger charge is 2.16. The summed E-state index contributed by atoms with van der Waals surface area (Å²) in [4.78, 5) is 17.1. The number of amides is 1. The van der Waals surface area contributed by atoms with Crippen molar-refractivity contribution in [1.82, 2.24) is 4.98 Å². The number of pyridine rings is 1. The third-order valence-electron chi connectivity index (χ3n) is 2.97. The molecule has 2 aromatic rings. The van der Waals surface area contributed by atoms with Crippen LogP contribution >= 0.6 is 11.8 Å². The van der Waals surface area contributed by atoms with Crippen LogP contribution in [0.4, 0.5) is 5.69 Å². The fourth-order valence-corrected chi connectivity index (χ4v) is 2.72. The van der Waals surface area contributed by atoms with E-state index in [1.54, 1.807) is 38.7 Å². The number of nitrogens with one attached hydrogen (secondary N) is 1. The van der Waals surface area contributed by atoms with Crippen molar-refractivity contribution in [2.24, 2.45) is 0 Å². The smallest absolute Gasteiger partial charge is 0.237 e. The number of ether oxygens (including phenoxy) is 2. The van der Waals surface area contributed by atoms with Crippen LogP contribution in [0.25, 0.3) is 0 Å². The lowest BCUT2D eigenvalue weighted by Gasteiger charge is -2.13. The summed E-state index contributed by atoms with van der Waals surface area (Å²) in [5.74, 6) is 1.24. The summed E-state index contributed by atoms with van der Waals surface area (Å²) in [6.07, 6.45) is 3.28. The summed E-state index contributed by atoms with van der Waals surface area (Å²) in [5.41, 5.74) is 0.687. The molecule has 1 amide bonds. The molecule has 5 nitrogen and oxygen atoms in total. The fraction of sp³-hybridized carbons (Fsp3) is 0.250. The molecule has 6 heteroatoms. The van der Waals surface area contributed by atoms with Gasteiger partial charge in [-0.05, 0) is 37.3 Å². The van der Waals surface area contributed by atoms with Gasteiger partial charge in [0.1, 0.15) is 0 Å². The van der Waals surface area contributed by atoms with Crippen molar-refractivity contribution in [2.75, 3.05) is 19.5 Å². The molecule has 0 bridgehead atoms. The van der Waals surface area contributed by atoms with E-state index < -0.39 is 0 Å². The number of carbonyl (C=O) groups is 1. The minimum absolute atomic E-state index is 0.0761. The van der Waals surface area contributed by atoms with Crippen molar-refractivity contribution in [3.63, 3.8) is 0 Å². The summed E-state index contributed by atoms with van der Waals surface area (Å²) < 4.78 is 10.5. The maximum atomic E-state index is 12.2. The van der Waals surface area contributed by atoms with Gasteiger partial charge in [0.2, 0.25) is 5.91 Å². The molecule has 0 aliphatic heterocycles. The van der Waals surface area contributed by atoms with Gasteiger partial charge in [0.05, 0.1) is 31.4 Å². The molecule has 1 heterocycles. The second-order valence-electron chi connectivity index (χ2n) is 4.51. The lowest BCUT2D eigenvalue weighted by atomic mass is 10.3. The highest BCUT2D eigenvalue weighted by molar-refractivity contribution is 8.00. The number of carbonyl (C=O) groups excluding carboxylic acids is 1. The molecule has 1 atom stereocenters. The van der Waals surface area contributed by atoms with Gasteiger partial charge in [-0.25, -0.2) is 0 Å². The average molecular weight is 318 g/mol. The first-order chi connectivity index (χ1) is 10.6. The molecule has 0 aliphatic rings. The molecule has 0 aliphatic carbocycles. The van der Waals surface area contributed by atoms with Crippen molar-refractivity contribution in [1.29, 1.82) is 0 Å². The fourth-order valence-electron chi connectivity index (χ4n) is 1.83. The minimum atomic E-state index is -0.252. The molecule has 0 spiro atoms. The van der Waals surface area contributed by atoms with E-state index in [9.17, 15) is 4.79 Å². The zero-order valence-corrected chi connectivity index (χ0v) is 13.5. The Bertz CT molecular complexity index is 635. The molecule has 2 rings (SSSR count). The molecule has 22 heavy (non-hydrogen) atoms. The van der Waals surface area contributed by atoms with Crippen LogP contribution in [0.5, 0.6) is 11.5 Å². The molecule has 0 saturated carbocycles. The number of anilines is 1. The maximum Gasteiger partial charge on any atom is 0.237 e. The van der Waals surface area contributed by atoms with Crippen molar-refractivity contribution >= 4 is 23.4 Å². The van der Waals surface area contributed by atoms with E-state index in [0.29, 0.717) is 17.2 Å². The number of rotatable bonds is 6. The van der Waals surface area contributed by atoms with Crippen LogP contribution in [0.1, 0.15) is 6.92 Å². The second-order valence-corrected chi connectivity index (χ2v) is 5.92. The lowest BCUT2D eigenvalue weighted by Crippen LogP contribution is -2.22. The number of methoxy groups -OCH3 is 2. The third kappa shape index (κ3) is 4.14. The van der Waals surface area contributed by atoms with E-state index >= 15 is 0 Å². The lowest BCUT2D eigenvalue weighted by molar-refractivity contribution is -0.115. The van der Waals surface area contributed by atoms with Gasteiger partial charge in [-0.1, -0.05) is 0 Å². The van der Waals surface area contributed by atoms with E-state index in [4.69, 9.17) is 9.47 Å². The highest BCUT2D eigenvalue weighted by atomic mass is 32.2. The summed E-state index contributed by atoms with van der Waals surface area (Å²) >= 11 is 1.45. The monoisotopic (exact) mass is 318 g/mol. The molecule has 1 unspecified atom stereocenters. The van der Waals surface area contributed by atoms with Gasteiger partial charge in [0.25, 0.3) is 0 Å². The Kier molecular flexibility index (Phi) is 5.66. The number of hydrogen-bond acceptors (Lipinski definition) is 5. The first kappa shape index (κ1) is 16.2. The van der Waals surface area contributed by atoms with Crippen molar-refractivity contribution in [2.45, 2.75) is 17.1 Å². The Morgan fingerprint density at radius 3 is 2.64 bits per heavy atom. The summed E-state index contributed by atoms with van der Waals surface area (Å²) in [6, 6.07) is 9.17. The minimum Gasteiger partial charge on any atom is -0.493 e. The molecule has 1 aromatic carbocycles. The van der Waals surface area contributed by atoms with Crippen LogP contribution < -0.4 is 14.8 Å². The van der Waals surface area contributed by atoms with Crippen LogP contribution in [0.15, 0.2) is 47.6 Å². The second kappa shape index (κ2) is 7.70. The van der Waals surface area contributed by atoms with Crippen LogP contribution in [0, 0.1) is 0 Å². The van der Waals surface area contributed by atoms with Crippen molar-refractivity contribution in [3.8, 4) is 11.5 Å². The van der Waals surface area contributed by atoms with Crippen LogP contribution in [-0.2, 0) is 4.79 Å². The molecule has 0 saturated heterocycles. The number of benzene rings is 1. The van der Waals surface area contributed by atoms with Gasteiger partial charge in [0, 0.05) is 11.1 Å². The maximum absolute atomic E-state index is 12.2. The molecule has 0 radical (unpaired) electrons.